The first kappa shape index (κ1) is 17.3. The van der Waals surface area contributed by atoms with Crippen molar-refractivity contribution in [2.75, 3.05) is 19.7 Å². The number of allylic oxidation sites excluding steroid dienone is 1. The van der Waals surface area contributed by atoms with Crippen molar-refractivity contribution >= 4 is 12.1 Å². The number of urea groups is 1. The van der Waals surface area contributed by atoms with Crippen LogP contribution in [0.1, 0.15) is 40.5 Å². The highest BCUT2D eigenvalue weighted by atomic mass is 16.6. The first-order chi connectivity index (χ1) is 9.81. The Morgan fingerprint density at radius 2 is 1.90 bits per heavy atom. The SMILES string of the molecule is CCOC(=O)N1CCC(NC(=O)N/C=C/C(C)(C)C)CC1. The first-order valence-electron chi connectivity index (χ1n) is 7.48. The zero-order valence-electron chi connectivity index (χ0n) is 13.4. The van der Waals surface area contributed by atoms with Crippen LogP contribution in [-0.2, 0) is 4.74 Å². The van der Waals surface area contributed by atoms with E-state index in [1.807, 2.05) is 6.08 Å². The maximum absolute atomic E-state index is 11.7. The van der Waals surface area contributed by atoms with Gasteiger partial charge < -0.3 is 20.3 Å². The second-order valence-corrected chi connectivity index (χ2v) is 6.28. The number of carbonyl (C=O) groups excluding carboxylic acids is 2. The third kappa shape index (κ3) is 7.02. The van der Waals surface area contributed by atoms with E-state index in [2.05, 4.69) is 31.4 Å². The van der Waals surface area contributed by atoms with Crippen molar-refractivity contribution in [2.45, 2.75) is 46.6 Å². The molecule has 0 spiro atoms. The molecular formula is C15H27N3O3. The highest BCUT2D eigenvalue weighted by Gasteiger charge is 2.24. The van der Waals surface area contributed by atoms with Gasteiger partial charge >= 0.3 is 12.1 Å². The minimum Gasteiger partial charge on any atom is -0.450 e. The van der Waals surface area contributed by atoms with Gasteiger partial charge in [0.2, 0.25) is 0 Å². The summed E-state index contributed by atoms with van der Waals surface area (Å²) >= 11 is 0. The quantitative estimate of drug-likeness (QED) is 0.840. The Bertz CT molecular complexity index is 380. The van der Waals surface area contributed by atoms with E-state index in [4.69, 9.17) is 4.74 Å². The maximum atomic E-state index is 11.7. The Hall–Kier alpha value is -1.72. The lowest BCUT2D eigenvalue weighted by atomic mass is 9.97. The molecule has 2 N–H and O–H groups in total. The smallest absolute Gasteiger partial charge is 0.409 e. The number of piperidine rings is 1. The molecule has 0 radical (unpaired) electrons. The summed E-state index contributed by atoms with van der Waals surface area (Å²) < 4.78 is 4.96. The van der Waals surface area contributed by atoms with Crippen LogP contribution < -0.4 is 10.6 Å². The van der Waals surface area contributed by atoms with Gasteiger partial charge in [0.15, 0.2) is 0 Å². The number of hydrogen-bond donors (Lipinski definition) is 2. The first-order valence-corrected chi connectivity index (χ1v) is 7.48. The Kier molecular flexibility index (Phi) is 6.52. The van der Waals surface area contributed by atoms with Crippen LogP contribution in [0.4, 0.5) is 9.59 Å². The number of nitrogens with one attached hydrogen (secondary N) is 2. The van der Waals surface area contributed by atoms with Crippen LogP contribution in [0.25, 0.3) is 0 Å². The van der Waals surface area contributed by atoms with Crippen molar-refractivity contribution in [3.63, 3.8) is 0 Å². The fourth-order valence-corrected chi connectivity index (χ4v) is 2.02. The van der Waals surface area contributed by atoms with Crippen LogP contribution in [-0.4, -0.2) is 42.8 Å². The maximum Gasteiger partial charge on any atom is 0.409 e. The van der Waals surface area contributed by atoms with Gasteiger partial charge in [-0.05, 0) is 25.2 Å². The molecule has 0 saturated carbocycles. The highest BCUT2D eigenvalue weighted by molar-refractivity contribution is 5.75. The summed E-state index contributed by atoms with van der Waals surface area (Å²) in [6, 6.07) is -0.108. The van der Waals surface area contributed by atoms with Crippen LogP contribution in [0.15, 0.2) is 12.3 Å². The molecule has 6 heteroatoms. The van der Waals surface area contributed by atoms with E-state index in [1.165, 1.54) is 0 Å². The largest absolute Gasteiger partial charge is 0.450 e. The molecule has 21 heavy (non-hydrogen) atoms. The predicted molar refractivity (Wildman–Crippen MR) is 81.9 cm³/mol. The average Bonchev–Trinajstić information content (AvgIpc) is 2.38. The molecule has 1 fully saturated rings. The molecule has 1 heterocycles. The molecule has 0 aromatic rings. The molecule has 120 valence electrons. The molecule has 1 aliphatic heterocycles. The number of hydrogen-bond acceptors (Lipinski definition) is 3. The fraction of sp³-hybridized carbons (Fsp3) is 0.733. The van der Waals surface area contributed by atoms with Gasteiger partial charge in [-0.1, -0.05) is 26.8 Å². The molecule has 0 aromatic carbocycles. The number of carbonyl (C=O) groups is 2. The van der Waals surface area contributed by atoms with Gasteiger partial charge in [0.25, 0.3) is 0 Å². The van der Waals surface area contributed by atoms with Crippen LogP contribution in [0.2, 0.25) is 0 Å². The van der Waals surface area contributed by atoms with E-state index in [0.29, 0.717) is 19.7 Å². The average molecular weight is 297 g/mol. The van der Waals surface area contributed by atoms with E-state index in [0.717, 1.165) is 12.8 Å². The van der Waals surface area contributed by atoms with Crippen LogP contribution in [0, 0.1) is 5.41 Å². The lowest BCUT2D eigenvalue weighted by Gasteiger charge is -2.31. The predicted octanol–water partition coefficient (Wildman–Crippen LogP) is 2.47. The third-order valence-corrected chi connectivity index (χ3v) is 3.15. The van der Waals surface area contributed by atoms with E-state index in [9.17, 15) is 9.59 Å². The Labute approximate surface area is 126 Å². The second kappa shape index (κ2) is 7.90. The summed E-state index contributed by atoms with van der Waals surface area (Å²) in [5, 5.41) is 5.62. The van der Waals surface area contributed by atoms with Crippen LogP contribution in [0.3, 0.4) is 0 Å². The molecule has 1 rings (SSSR count). The van der Waals surface area contributed by atoms with Gasteiger partial charge in [-0.25, -0.2) is 9.59 Å². The second-order valence-electron chi connectivity index (χ2n) is 6.28. The molecule has 1 saturated heterocycles. The summed E-state index contributed by atoms with van der Waals surface area (Å²) in [7, 11) is 0. The Morgan fingerprint density at radius 1 is 1.29 bits per heavy atom. The summed E-state index contributed by atoms with van der Waals surface area (Å²) in [4.78, 5) is 25.0. The topological polar surface area (TPSA) is 70.7 Å². The summed E-state index contributed by atoms with van der Waals surface area (Å²) in [6.45, 7) is 9.60. The number of likely N-dealkylation sites (tertiary alicyclic amines) is 1. The Morgan fingerprint density at radius 3 is 2.43 bits per heavy atom. The van der Waals surface area contributed by atoms with Gasteiger partial charge in [0.05, 0.1) is 6.61 Å². The van der Waals surface area contributed by atoms with Gasteiger partial charge in [0.1, 0.15) is 0 Å². The van der Waals surface area contributed by atoms with Gasteiger partial charge in [-0.3, -0.25) is 0 Å². The van der Waals surface area contributed by atoms with Crippen LogP contribution in [0.5, 0.6) is 0 Å². The van der Waals surface area contributed by atoms with E-state index in [1.54, 1.807) is 18.0 Å². The number of amides is 3. The van der Waals surface area contributed by atoms with Crippen molar-refractivity contribution < 1.29 is 14.3 Å². The number of nitrogens with zero attached hydrogens (tertiary/aromatic N) is 1. The van der Waals surface area contributed by atoms with Crippen molar-refractivity contribution in [1.29, 1.82) is 0 Å². The fourth-order valence-electron chi connectivity index (χ4n) is 2.02. The molecule has 0 aromatic heterocycles. The van der Waals surface area contributed by atoms with E-state index < -0.39 is 0 Å². The standard InChI is InChI=1S/C15H27N3O3/c1-5-21-14(20)18-10-6-12(7-11-18)17-13(19)16-9-8-15(2,3)4/h8-9,12H,5-7,10-11H2,1-4H3,(H2,16,17,19)/b9-8+. The highest BCUT2D eigenvalue weighted by Crippen LogP contribution is 2.14. The van der Waals surface area contributed by atoms with E-state index >= 15 is 0 Å². The van der Waals surface area contributed by atoms with Crippen molar-refractivity contribution in [2.24, 2.45) is 5.41 Å². The summed E-state index contributed by atoms with van der Waals surface area (Å²) in [5.74, 6) is 0. The zero-order chi connectivity index (χ0) is 15.9. The molecule has 1 aliphatic rings. The third-order valence-electron chi connectivity index (χ3n) is 3.15. The molecule has 6 nitrogen and oxygen atoms in total. The minimum absolute atomic E-state index is 0.0399. The molecule has 0 atom stereocenters. The van der Waals surface area contributed by atoms with Crippen molar-refractivity contribution in [1.82, 2.24) is 15.5 Å². The summed E-state index contributed by atoms with van der Waals surface area (Å²) in [5.41, 5.74) is 0.0399. The van der Waals surface area contributed by atoms with Gasteiger partial charge in [0, 0.05) is 25.3 Å². The normalized spacial score (nSPS) is 16.9. The number of rotatable bonds is 3. The van der Waals surface area contributed by atoms with Gasteiger partial charge in [-0.15, -0.1) is 0 Å². The lowest BCUT2D eigenvalue weighted by molar-refractivity contribution is 0.0958. The molecule has 0 bridgehead atoms. The molecule has 3 amide bonds. The van der Waals surface area contributed by atoms with Gasteiger partial charge in [-0.2, -0.15) is 0 Å². The van der Waals surface area contributed by atoms with Crippen molar-refractivity contribution in [3.8, 4) is 0 Å². The van der Waals surface area contributed by atoms with Crippen LogP contribution >= 0.6 is 0 Å². The lowest BCUT2D eigenvalue weighted by Crippen LogP contribution is -2.48. The Balaban J connectivity index is 2.27. The monoisotopic (exact) mass is 297 g/mol. The molecule has 0 aliphatic carbocycles. The summed E-state index contributed by atoms with van der Waals surface area (Å²) in [6.07, 6.45) is 4.83. The molecular weight excluding hydrogens is 270 g/mol. The van der Waals surface area contributed by atoms with Crippen molar-refractivity contribution in [3.05, 3.63) is 12.3 Å². The number of ether oxygens (including phenoxy) is 1. The molecule has 0 unspecified atom stereocenters. The minimum atomic E-state index is -0.270. The zero-order valence-corrected chi connectivity index (χ0v) is 13.4. The van der Waals surface area contributed by atoms with E-state index in [-0.39, 0.29) is 23.6 Å².